The lowest BCUT2D eigenvalue weighted by Gasteiger charge is -2.38. The Labute approximate surface area is 113 Å². The van der Waals surface area contributed by atoms with E-state index in [1.807, 2.05) is 18.7 Å². The maximum absolute atomic E-state index is 12.5. The minimum Gasteiger partial charge on any atom is -0.481 e. The number of ether oxygens (including phenoxy) is 1. The molecule has 19 heavy (non-hydrogen) atoms. The summed E-state index contributed by atoms with van der Waals surface area (Å²) < 4.78 is 5.63. The van der Waals surface area contributed by atoms with Crippen LogP contribution in [0.5, 0.6) is 0 Å². The van der Waals surface area contributed by atoms with Gasteiger partial charge in [0.1, 0.15) is 0 Å². The zero-order chi connectivity index (χ0) is 14.0. The number of carbonyl (C=O) groups is 2. The van der Waals surface area contributed by atoms with Crippen LogP contribution in [0.2, 0.25) is 0 Å². The van der Waals surface area contributed by atoms with Crippen LogP contribution in [0.15, 0.2) is 0 Å². The molecule has 2 fully saturated rings. The van der Waals surface area contributed by atoms with E-state index in [-0.39, 0.29) is 30.0 Å². The summed E-state index contributed by atoms with van der Waals surface area (Å²) >= 11 is 0. The fourth-order valence-corrected chi connectivity index (χ4v) is 3.25. The second-order valence-corrected chi connectivity index (χ2v) is 5.90. The van der Waals surface area contributed by atoms with Crippen molar-refractivity contribution in [3.05, 3.63) is 0 Å². The van der Waals surface area contributed by atoms with Gasteiger partial charge >= 0.3 is 5.97 Å². The van der Waals surface area contributed by atoms with E-state index in [2.05, 4.69) is 0 Å². The molecule has 1 heterocycles. The molecule has 5 nitrogen and oxygen atoms in total. The summed E-state index contributed by atoms with van der Waals surface area (Å²) in [5.74, 6) is -1.11. The first-order valence-corrected chi connectivity index (χ1v) is 7.14. The lowest BCUT2D eigenvalue weighted by atomic mass is 9.80. The number of hydrogen-bond acceptors (Lipinski definition) is 3. The molecule has 2 unspecified atom stereocenters. The Morgan fingerprint density at radius 3 is 2.26 bits per heavy atom. The maximum Gasteiger partial charge on any atom is 0.306 e. The van der Waals surface area contributed by atoms with Gasteiger partial charge in [0.15, 0.2) is 0 Å². The highest BCUT2D eigenvalue weighted by molar-refractivity contribution is 5.80. The summed E-state index contributed by atoms with van der Waals surface area (Å²) in [6, 6.07) is 0. The summed E-state index contributed by atoms with van der Waals surface area (Å²) in [5, 5.41) is 9.09. The van der Waals surface area contributed by atoms with E-state index in [1.54, 1.807) is 0 Å². The molecule has 1 aliphatic heterocycles. The van der Waals surface area contributed by atoms with E-state index in [1.165, 1.54) is 0 Å². The van der Waals surface area contributed by atoms with E-state index < -0.39 is 5.97 Å². The van der Waals surface area contributed by atoms with Crippen molar-refractivity contribution in [1.82, 2.24) is 4.90 Å². The number of rotatable bonds is 2. The summed E-state index contributed by atoms with van der Waals surface area (Å²) in [6.45, 7) is 5.18. The topological polar surface area (TPSA) is 66.8 Å². The molecular weight excluding hydrogens is 246 g/mol. The molecule has 2 aliphatic rings. The Bertz CT molecular complexity index is 347. The zero-order valence-corrected chi connectivity index (χ0v) is 11.7. The van der Waals surface area contributed by atoms with Crippen LogP contribution in [0.1, 0.15) is 39.5 Å². The van der Waals surface area contributed by atoms with Gasteiger partial charge < -0.3 is 14.7 Å². The van der Waals surface area contributed by atoms with Crippen molar-refractivity contribution < 1.29 is 19.4 Å². The third kappa shape index (κ3) is 3.47. The van der Waals surface area contributed by atoms with Gasteiger partial charge in [0, 0.05) is 19.0 Å². The minimum absolute atomic E-state index is 0.0616. The third-order valence-corrected chi connectivity index (χ3v) is 4.10. The average Bonchev–Trinajstić information content (AvgIpc) is 2.37. The van der Waals surface area contributed by atoms with Gasteiger partial charge in [0.25, 0.3) is 0 Å². The predicted molar refractivity (Wildman–Crippen MR) is 69.7 cm³/mol. The zero-order valence-electron chi connectivity index (χ0n) is 11.7. The second kappa shape index (κ2) is 5.90. The SMILES string of the molecule is C[C@@H]1CN(C(=O)C2CCCC(C(=O)O)C2)C[C@H](C)O1. The van der Waals surface area contributed by atoms with E-state index in [0.29, 0.717) is 25.9 Å². The van der Waals surface area contributed by atoms with Crippen molar-refractivity contribution >= 4 is 11.9 Å². The average molecular weight is 269 g/mol. The number of carboxylic acid groups (broad SMARTS) is 1. The smallest absolute Gasteiger partial charge is 0.306 e. The normalized spacial score (nSPS) is 36.0. The molecule has 1 saturated heterocycles. The summed E-state index contributed by atoms with van der Waals surface area (Å²) in [7, 11) is 0. The largest absolute Gasteiger partial charge is 0.481 e. The molecule has 2 rings (SSSR count). The molecule has 5 heteroatoms. The monoisotopic (exact) mass is 269 g/mol. The molecule has 0 aromatic rings. The Balaban J connectivity index is 1.96. The van der Waals surface area contributed by atoms with Crippen LogP contribution in [0.4, 0.5) is 0 Å². The Morgan fingerprint density at radius 1 is 1.11 bits per heavy atom. The first-order chi connectivity index (χ1) is 8.97. The Kier molecular flexibility index (Phi) is 4.45. The van der Waals surface area contributed by atoms with Crippen LogP contribution < -0.4 is 0 Å². The molecule has 1 amide bonds. The molecule has 4 atom stereocenters. The van der Waals surface area contributed by atoms with Crippen molar-refractivity contribution in [2.75, 3.05) is 13.1 Å². The minimum atomic E-state index is -0.763. The Morgan fingerprint density at radius 2 is 1.68 bits per heavy atom. The van der Waals surface area contributed by atoms with Crippen LogP contribution in [0.3, 0.4) is 0 Å². The lowest BCUT2D eigenvalue weighted by molar-refractivity contribution is -0.151. The Hall–Kier alpha value is -1.10. The van der Waals surface area contributed by atoms with Gasteiger partial charge in [-0.05, 0) is 33.1 Å². The fourth-order valence-electron chi connectivity index (χ4n) is 3.25. The molecule has 0 aromatic carbocycles. The number of aliphatic carboxylic acids is 1. The summed E-state index contributed by atoms with van der Waals surface area (Å²) in [4.78, 5) is 25.4. The van der Waals surface area contributed by atoms with Crippen molar-refractivity contribution in [1.29, 1.82) is 0 Å². The number of carboxylic acids is 1. The van der Waals surface area contributed by atoms with E-state index >= 15 is 0 Å². The van der Waals surface area contributed by atoms with Crippen LogP contribution in [-0.4, -0.2) is 47.2 Å². The first kappa shape index (κ1) is 14.3. The number of morpholine rings is 1. The quantitative estimate of drug-likeness (QED) is 0.825. The van der Waals surface area contributed by atoms with Crippen LogP contribution in [-0.2, 0) is 14.3 Å². The van der Waals surface area contributed by atoms with Gasteiger partial charge in [0.05, 0.1) is 18.1 Å². The fraction of sp³-hybridized carbons (Fsp3) is 0.857. The van der Waals surface area contributed by atoms with Gasteiger partial charge in [-0.3, -0.25) is 9.59 Å². The summed E-state index contributed by atoms with van der Waals surface area (Å²) in [5.41, 5.74) is 0. The van der Waals surface area contributed by atoms with Crippen molar-refractivity contribution in [2.45, 2.75) is 51.7 Å². The molecule has 1 aliphatic carbocycles. The predicted octanol–water partition coefficient (Wildman–Crippen LogP) is 1.51. The lowest BCUT2D eigenvalue weighted by Crippen LogP contribution is -2.50. The molecular formula is C14H23NO4. The van der Waals surface area contributed by atoms with Gasteiger partial charge in [-0.2, -0.15) is 0 Å². The summed E-state index contributed by atoms with van der Waals surface area (Å²) in [6.07, 6.45) is 2.98. The highest BCUT2D eigenvalue weighted by Gasteiger charge is 2.35. The number of hydrogen-bond donors (Lipinski definition) is 1. The van der Waals surface area contributed by atoms with Gasteiger partial charge in [-0.15, -0.1) is 0 Å². The van der Waals surface area contributed by atoms with E-state index in [0.717, 1.165) is 12.8 Å². The number of carbonyl (C=O) groups excluding carboxylic acids is 1. The van der Waals surface area contributed by atoms with Gasteiger partial charge in [-0.1, -0.05) is 6.42 Å². The molecule has 1 N–H and O–H groups in total. The molecule has 1 saturated carbocycles. The van der Waals surface area contributed by atoms with Crippen LogP contribution >= 0.6 is 0 Å². The van der Waals surface area contributed by atoms with Gasteiger partial charge in [-0.25, -0.2) is 0 Å². The van der Waals surface area contributed by atoms with Crippen molar-refractivity contribution in [3.63, 3.8) is 0 Å². The van der Waals surface area contributed by atoms with Crippen LogP contribution in [0, 0.1) is 11.8 Å². The maximum atomic E-state index is 12.5. The molecule has 0 aromatic heterocycles. The van der Waals surface area contributed by atoms with E-state index in [4.69, 9.17) is 9.84 Å². The van der Waals surface area contributed by atoms with Crippen molar-refractivity contribution in [3.8, 4) is 0 Å². The second-order valence-electron chi connectivity index (χ2n) is 5.90. The number of nitrogens with zero attached hydrogens (tertiary/aromatic N) is 1. The van der Waals surface area contributed by atoms with Gasteiger partial charge in [0.2, 0.25) is 5.91 Å². The molecule has 0 spiro atoms. The van der Waals surface area contributed by atoms with Crippen molar-refractivity contribution in [2.24, 2.45) is 11.8 Å². The molecule has 108 valence electrons. The molecule has 0 radical (unpaired) electrons. The highest BCUT2D eigenvalue weighted by atomic mass is 16.5. The van der Waals surface area contributed by atoms with E-state index in [9.17, 15) is 9.59 Å². The number of amides is 1. The van der Waals surface area contributed by atoms with Crippen LogP contribution in [0.25, 0.3) is 0 Å². The highest BCUT2D eigenvalue weighted by Crippen LogP contribution is 2.31. The third-order valence-electron chi connectivity index (χ3n) is 4.10. The standard InChI is InChI=1S/C14H23NO4/c1-9-7-15(8-10(2)19-9)13(16)11-4-3-5-12(6-11)14(17)18/h9-12H,3-8H2,1-2H3,(H,17,18)/t9-,10+,11?,12?. The first-order valence-electron chi connectivity index (χ1n) is 7.14. The molecule has 0 bridgehead atoms.